The van der Waals surface area contributed by atoms with E-state index in [1.807, 2.05) is 13.0 Å². The van der Waals surface area contributed by atoms with Gasteiger partial charge in [0.25, 0.3) is 0 Å². The fraction of sp³-hybridized carbons (Fsp3) is 0.562. The number of nitrogens with zero attached hydrogens (tertiary/aromatic N) is 1. The number of rotatable bonds is 7. The first-order valence-corrected chi connectivity index (χ1v) is 7.32. The predicted octanol–water partition coefficient (Wildman–Crippen LogP) is 3.54. The summed E-state index contributed by atoms with van der Waals surface area (Å²) in [6.45, 7) is 10.1. The van der Waals surface area contributed by atoms with E-state index < -0.39 is 5.97 Å². The number of aryl methyl sites for hydroxylation is 1. The molecule has 0 unspecified atom stereocenters. The lowest BCUT2D eigenvalue weighted by atomic mass is 10.0. The number of carbonyl (C=O) groups is 1. The number of benzene rings is 1. The van der Waals surface area contributed by atoms with Crippen molar-refractivity contribution in [2.75, 3.05) is 23.7 Å². The maximum atomic E-state index is 11.3. The molecule has 0 amide bonds. The lowest BCUT2D eigenvalue weighted by Crippen LogP contribution is -2.29. The van der Waals surface area contributed by atoms with Crippen LogP contribution in [0.5, 0.6) is 0 Å². The zero-order valence-corrected chi connectivity index (χ0v) is 12.9. The van der Waals surface area contributed by atoms with Crippen molar-refractivity contribution in [3.63, 3.8) is 0 Å². The Kier molecular flexibility index (Phi) is 5.86. The summed E-state index contributed by atoms with van der Waals surface area (Å²) in [5, 5.41) is 9.24. The topological polar surface area (TPSA) is 66.6 Å². The third kappa shape index (κ3) is 3.65. The van der Waals surface area contributed by atoms with Crippen LogP contribution in [-0.4, -0.2) is 24.2 Å². The van der Waals surface area contributed by atoms with Crippen molar-refractivity contribution in [2.24, 2.45) is 5.92 Å². The van der Waals surface area contributed by atoms with Gasteiger partial charge in [-0.1, -0.05) is 26.7 Å². The highest BCUT2D eigenvalue weighted by molar-refractivity contribution is 5.95. The van der Waals surface area contributed by atoms with Crippen LogP contribution in [0.1, 0.15) is 49.5 Å². The highest BCUT2D eigenvalue weighted by atomic mass is 16.4. The molecule has 4 heteroatoms. The molecule has 4 nitrogen and oxygen atoms in total. The number of nitrogen functional groups attached to an aromatic ring is 1. The standard InChI is InChI=1S/C16H26N2O2/c1-5-12(6-2)10-18(7-3)13-8-11(4)15(17)14(9-13)16(19)20/h8-9,12H,5-7,10,17H2,1-4H3,(H,19,20). The molecule has 0 saturated carbocycles. The molecule has 1 rings (SSSR count). The van der Waals surface area contributed by atoms with E-state index in [9.17, 15) is 9.90 Å². The highest BCUT2D eigenvalue weighted by Gasteiger charge is 2.16. The molecule has 20 heavy (non-hydrogen) atoms. The van der Waals surface area contributed by atoms with E-state index in [4.69, 9.17) is 5.73 Å². The quantitative estimate of drug-likeness (QED) is 0.749. The van der Waals surface area contributed by atoms with E-state index in [2.05, 4.69) is 25.7 Å². The molecule has 0 atom stereocenters. The van der Waals surface area contributed by atoms with E-state index >= 15 is 0 Å². The van der Waals surface area contributed by atoms with Crippen molar-refractivity contribution < 1.29 is 9.90 Å². The van der Waals surface area contributed by atoms with Crippen molar-refractivity contribution in [2.45, 2.75) is 40.5 Å². The number of carboxylic acids is 1. The Labute approximate surface area is 121 Å². The predicted molar refractivity (Wildman–Crippen MR) is 84.5 cm³/mol. The van der Waals surface area contributed by atoms with Crippen molar-refractivity contribution in [1.82, 2.24) is 0 Å². The second-order valence-electron chi connectivity index (χ2n) is 5.25. The van der Waals surface area contributed by atoms with Gasteiger partial charge >= 0.3 is 5.97 Å². The van der Waals surface area contributed by atoms with Crippen molar-refractivity contribution in [3.05, 3.63) is 23.3 Å². The van der Waals surface area contributed by atoms with Gasteiger partial charge in [0.05, 0.1) is 5.56 Å². The number of carboxylic acid groups (broad SMARTS) is 1. The fourth-order valence-corrected chi connectivity index (χ4v) is 2.41. The minimum absolute atomic E-state index is 0.197. The molecule has 0 fully saturated rings. The zero-order valence-electron chi connectivity index (χ0n) is 12.9. The van der Waals surface area contributed by atoms with Crippen molar-refractivity contribution >= 4 is 17.3 Å². The summed E-state index contributed by atoms with van der Waals surface area (Å²) in [7, 11) is 0. The minimum Gasteiger partial charge on any atom is -0.478 e. The smallest absolute Gasteiger partial charge is 0.337 e. The van der Waals surface area contributed by atoms with Gasteiger partial charge in [0, 0.05) is 24.5 Å². The second-order valence-corrected chi connectivity index (χ2v) is 5.25. The van der Waals surface area contributed by atoms with Gasteiger partial charge < -0.3 is 15.7 Å². The molecule has 0 aliphatic carbocycles. The molecular formula is C16H26N2O2. The normalized spacial score (nSPS) is 10.8. The molecule has 0 aromatic heterocycles. The summed E-state index contributed by atoms with van der Waals surface area (Å²) in [5.41, 5.74) is 8.18. The summed E-state index contributed by atoms with van der Waals surface area (Å²) in [6.07, 6.45) is 2.26. The summed E-state index contributed by atoms with van der Waals surface area (Å²) in [6, 6.07) is 3.67. The molecule has 0 aliphatic rings. The van der Waals surface area contributed by atoms with Gasteiger partial charge in [-0.2, -0.15) is 0 Å². The number of anilines is 2. The lowest BCUT2D eigenvalue weighted by Gasteiger charge is -2.28. The summed E-state index contributed by atoms with van der Waals surface area (Å²) in [4.78, 5) is 13.5. The molecule has 0 saturated heterocycles. The van der Waals surface area contributed by atoms with E-state index in [0.29, 0.717) is 11.6 Å². The molecule has 0 bridgehead atoms. The Balaban J connectivity index is 3.12. The van der Waals surface area contributed by atoms with E-state index in [-0.39, 0.29) is 5.56 Å². The first-order valence-electron chi connectivity index (χ1n) is 7.32. The number of hydrogen-bond donors (Lipinski definition) is 2. The van der Waals surface area contributed by atoms with Crippen molar-refractivity contribution in [3.8, 4) is 0 Å². The zero-order chi connectivity index (χ0) is 15.3. The van der Waals surface area contributed by atoms with Crippen LogP contribution in [0.4, 0.5) is 11.4 Å². The van der Waals surface area contributed by atoms with Gasteiger partial charge in [0.1, 0.15) is 0 Å². The van der Waals surface area contributed by atoms with Gasteiger partial charge in [0.2, 0.25) is 0 Å². The second kappa shape index (κ2) is 7.17. The monoisotopic (exact) mass is 278 g/mol. The van der Waals surface area contributed by atoms with Gasteiger partial charge in [-0.05, 0) is 37.5 Å². The maximum Gasteiger partial charge on any atom is 0.337 e. The van der Waals surface area contributed by atoms with E-state index in [1.54, 1.807) is 6.07 Å². The molecule has 0 aliphatic heterocycles. The molecule has 0 radical (unpaired) electrons. The van der Waals surface area contributed by atoms with Gasteiger partial charge in [0.15, 0.2) is 0 Å². The summed E-state index contributed by atoms with van der Waals surface area (Å²) < 4.78 is 0. The third-order valence-corrected chi connectivity index (χ3v) is 3.98. The van der Waals surface area contributed by atoms with Gasteiger partial charge in [-0.3, -0.25) is 0 Å². The summed E-state index contributed by atoms with van der Waals surface area (Å²) in [5.74, 6) is -0.341. The van der Waals surface area contributed by atoms with E-state index in [1.165, 1.54) is 0 Å². The molecule has 112 valence electrons. The molecule has 3 N–H and O–H groups in total. The average molecular weight is 278 g/mol. The highest BCUT2D eigenvalue weighted by Crippen LogP contribution is 2.26. The largest absolute Gasteiger partial charge is 0.478 e. The maximum absolute atomic E-state index is 11.3. The molecule has 1 aromatic carbocycles. The van der Waals surface area contributed by atoms with Crippen LogP contribution < -0.4 is 10.6 Å². The Morgan fingerprint density at radius 2 is 1.90 bits per heavy atom. The summed E-state index contributed by atoms with van der Waals surface area (Å²) >= 11 is 0. The third-order valence-electron chi connectivity index (χ3n) is 3.98. The Morgan fingerprint density at radius 3 is 2.35 bits per heavy atom. The van der Waals surface area contributed by atoms with Crippen LogP contribution in [0.2, 0.25) is 0 Å². The van der Waals surface area contributed by atoms with Crippen LogP contribution >= 0.6 is 0 Å². The van der Waals surface area contributed by atoms with E-state index in [0.717, 1.165) is 37.2 Å². The van der Waals surface area contributed by atoms with Gasteiger partial charge in [-0.25, -0.2) is 4.79 Å². The minimum atomic E-state index is -0.967. The Bertz CT molecular complexity index is 468. The van der Waals surface area contributed by atoms with Crippen LogP contribution in [0.25, 0.3) is 0 Å². The number of nitrogens with two attached hydrogens (primary N) is 1. The number of hydrogen-bond acceptors (Lipinski definition) is 3. The van der Waals surface area contributed by atoms with Crippen LogP contribution in [0.3, 0.4) is 0 Å². The first-order chi connectivity index (χ1) is 9.44. The van der Waals surface area contributed by atoms with Crippen LogP contribution in [-0.2, 0) is 0 Å². The Hall–Kier alpha value is -1.71. The van der Waals surface area contributed by atoms with Crippen LogP contribution in [0, 0.1) is 12.8 Å². The molecule has 0 heterocycles. The number of aromatic carboxylic acids is 1. The lowest BCUT2D eigenvalue weighted by molar-refractivity contribution is 0.0698. The fourth-order valence-electron chi connectivity index (χ4n) is 2.41. The van der Waals surface area contributed by atoms with Crippen LogP contribution in [0.15, 0.2) is 12.1 Å². The molecule has 0 spiro atoms. The average Bonchev–Trinajstić information content (AvgIpc) is 2.43. The SMILES string of the molecule is CCC(CC)CN(CC)c1cc(C)c(N)c(C(=O)O)c1. The Morgan fingerprint density at radius 1 is 1.30 bits per heavy atom. The van der Waals surface area contributed by atoms with Crippen molar-refractivity contribution in [1.29, 1.82) is 0 Å². The van der Waals surface area contributed by atoms with Gasteiger partial charge in [-0.15, -0.1) is 0 Å². The molecular weight excluding hydrogens is 252 g/mol. The molecule has 1 aromatic rings. The first kappa shape index (κ1) is 16.3.